The first-order valence-corrected chi connectivity index (χ1v) is 6.79. The lowest BCUT2D eigenvalue weighted by molar-refractivity contribution is 0.0465. The minimum Gasteiger partial charge on any atom is -0.453 e. The molecule has 110 valence electrons. The summed E-state index contributed by atoms with van der Waals surface area (Å²) in [5, 5.41) is 0. The fourth-order valence-corrected chi connectivity index (χ4v) is 2.57. The Morgan fingerprint density at radius 1 is 1.14 bits per heavy atom. The molecule has 0 aliphatic rings. The molecule has 21 heavy (non-hydrogen) atoms. The Kier molecular flexibility index (Phi) is 4.26. The Morgan fingerprint density at radius 2 is 1.76 bits per heavy atom. The van der Waals surface area contributed by atoms with Crippen LogP contribution >= 0.6 is 0 Å². The molecule has 0 saturated heterocycles. The van der Waals surface area contributed by atoms with Gasteiger partial charge in [0.05, 0.1) is 0 Å². The lowest BCUT2D eigenvalue weighted by Crippen LogP contribution is -2.17. The van der Waals surface area contributed by atoms with Crippen LogP contribution in [0.4, 0.5) is 0 Å². The van der Waals surface area contributed by atoms with Crippen molar-refractivity contribution in [2.45, 2.75) is 20.8 Å². The highest BCUT2D eigenvalue weighted by atomic mass is 16.5. The zero-order valence-electron chi connectivity index (χ0n) is 12.8. The van der Waals surface area contributed by atoms with Gasteiger partial charge in [-0.25, -0.2) is 4.79 Å². The number of aromatic nitrogens is 1. The molecule has 0 aliphatic heterocycles. The fourth-order valence-electron chi connectivity index (χ4n) is 2.57. The summed E-state index contributed by atoms with van der Waals surface area (Å²) in [6.07, 6.45) is 1.76. The third-order valence-electron chi connectivity index (χ3n) is 3.44. The van der Waals surface area contributed by atoms with Crippen molar-refractivity contribution in [1.82, 2.24) is 4.57 Å². The van der Waals surface area contributed by atoms with E-state index in [0.29, 0.717) is 11.3 Å². The largest absolute Gasteiger partial charge is 0.453 e. The molecule has 0 radical (unpaired) electrons. The van der Waals surface area contributed by atoms with Crippen molar-refractivity contribution in [3.63, 3.8) is 0 Å². The highest BCUT2D eigenvalue weighted by Crippen LogP contribution is 2.17. The van der Waals surface area contributed by atoms with Crippen molar-refractivity contribution in [3.8, 4) is 0 Å². The van der Waals surface area contributed by atoms with E-state index in [4.69, 9.17) is 4.74 Å². The molecule has 0 spiro atoms. The summed E-state index contributed by atoms with van der Waals surface area (Å²) in [7, 11) is 1.76. The van der Waals surface area contributed by atoms with Gasteiger partial charge >= 0.3 is 5.97 Å². The Bertz CT molecular complexity index is 675. The number of rotatable bonds is 4. The highest BCUT2D eigenvalue weighted by molar-refractivity contribution is 6.01. The predicted molar refractivity (Wildman–Crippen MR) is 80.7 cm³/mol. The number of Topliss-reactive ketones (excluding diaryl/α,β-unsaturated/α-hetero) is 1. The van der Waals surface area contributed by atoms with Gasteiger partial charge in [0.15, 0.2) is 6.61 Å². The van der Waals surface area contributed by atoms with Crippen molar-refractivity contribution < 1.29 is 14.3 Å². The third kappa shape index (κ3) is 3.21. The van der Waals surface area contributed by atoms with Crippen LogP contribution in [0.3, 0.4) is 0 Å². The molecule has 0 aliphatic carbocycles. The van der Waals surface area contributed by atoms with Crippen molar-refractivity contribution in [2.24, 2.45) is 7.05 Å². The number of hydrogen-bond donors (Lipinski definition) is 0. The molecular weight excluding hydrogens is 266 g/mol. The zero-order valence-corrected chi connectivity index (χ0v) is 12.8. The predicted octanol–water partition coefficient (Wildman–Crippen LogP) is 2.99. The van der Waals surface area contributed by atoms with Gasteiger partial charge in [0, 0.05) is 18.8 Å². The van der Waals surface area contributed by atoms with Gasteiger partial charge in [0.25, 0.3) is 0 Å². The van der Waals surface area contributed by atoms with Crippen molar-refractivity contribution >= 4 is 11.8 Å². The molecule has 1 aromatic heterocycles. The van der Waals surface area contributed by atoms with Gasteiger partial charge in [0.1, 0.15) is 5.69 Å². The van der Waals surface area contributed by atoms with E-state index >= 15 is 0 Å². The van der Waals surface area contributed by atoms with Crippen molar-refractivity contribution in [1.29, 1.82) is 0 Å². The molecule has 2 rings (SSSR count). The molecule has 0 unspecified atom stereocenters. The van der Waals surface area contributed by atoms with Gasteiger partial charge in [0.2, 0.25) is 5.78 Å². The molecule has 0 fully saturated rings. The second-order valence-electron chi connectivity index (χ2n) is 5.28. The Labute approximate surface area is 124 Å². The standard InChI is InChI=1S/C17H19NO3/c1-11-8-12(2)16(13(3)9-11)15(19)10-21-17(20)14-6-5-7-18(14)4/h5-9H,10H2,1-4H3. The number of ether oxygens (including phenoxy) is 1. The second kappa shape index (κ2) is 5.95. The molecule has 4 nitrogen and oxygen atoms in total. The summed E-state index contributed by atoms with van der Waals surface area (Å²) in [5.41, 5.74) is 4.00. The molecule has 2 aromatic rings. The number of carbonyl (C=O) groups excluding carboxylic acids is 2. The zero-order chi connectivity index (χ0) is 15.6. The molecule has 4 heteroatoms. The minimum atomic E-state index is -0.488. The quantitative estimate of drug-likeness (QED) is 0.641. The molecule has 0 atom stereocenters. The first kappa shape index (κ1) is 15.0. The smallest absolute Gasteiger partial charge is 0.355 e. The van der Waals surface area contributed by atoms with Crippen LogP contribution < -0.4 is 0 Å². The fraction of sp³-hybridized carbons (Fsp3) is 0.294. The van der Waals surface area contributed by atoms with Crippen LogP contribution in [0.25, 0.3) is 0 Å². The normalized spacial score (nSPS) is 10.5. The summed E-state index contributed by atoms with van der Waals surface area (Å²) in [6.45, 7) is 5.54. The van der Waals surface area contributed by atoms with Crippen LogP contribution in [0.2, 0.25) is 0 Å². The van der Waals surface area contributed by atoms with Gasteiger partial charge in [-0.1, -0.05) is 17.7 Å². The van der Waals surface area contributed by atoms with Crippen molar-refractivity contribution in [3.05, 3.63) is 58.4 Å². The number of benzene rings is 1. The lowest BCUT2D eigenvalue weighted by atomic mass is 9.97. The third-order valence-corrected chi connectivity index (χ3v) is 3.44. The average Bonchev–Trinajstić information content (AvgIpc) is 2.81. The van der Waals surface area contributed by atoms with E-state index in [9.17, 15) is 9.59 Å². The summed E-state index contributed by atoms with van der Waals surface area (Å²) < 4.78 is 6.78. The van der Waals surface area contributed by atoms with E-state index in [1.54, 1.807) is 29.9 Å². The van der Waals surface area contributed by atoms with Gasteiger partial charge in [-0.3, -0.25) is 4.79 Å². The van der Waals surface area contributed by atoms with Gasteiger partial charge in [-0.2, -0.15) is 0 Å². The van der Waals surface area contributed by atoms with E-state index in [2.05, 4.69) is 0 Å². The molecule has 1 aromatic carbocycles. The van der Waals surface area contributed by atoms with Gasteiger partial charge in [-0.15, -0.1) is 0 Å². The topological polar surface area (TPSA) is 48.3 Å². The number of aryl methyl sites for hydroxylation is 4. The monoisotopic (exact) mass is 285 g/mol. The lowest BCUT2D eigenvalue weighted by Gasteiger charge is -2.11. The Hall–Kier alpha value is -2.36. The number of nitrogens with zero attached hydrogens (tertiary/aromatic N) is 1. The summed E-state index contributed by atoms with van der Waals surface area (Å²) >= 11 is 0. The Balaban J connectivity index is 2.10. The molecule has 1 heterocycles. The highest BCUT2D eigenvalue weighted by Gasteiger charge is 2.17. The van der Waals surface area contributed by atoms with E-state index < -0.39 is 5.97 Å². The molecular formula is C17H19NO3. The Morgan fingerprint density at radius 3 is 2.29 bits per heavy atom. The number of carbonyl (C=O) groups is 2. The molecule has 0 N–H and O–H groups in total. The summed E-state index contributed by atoms with van der Waals surface area (Å²) in [4.78, 5) is 24.2. The summed E-state index contributed by atoms with van der Waals surface area (Å²) in [6, 6.07) is 7.33. The molecule has 0 bridgehead atoms. The maximum absolute atomic E-state index is 12.3. The van der Waals surface area contributed by atoms with Crippen molar-refractivity contribution in [2.75, 3.05) is 6.61 Å². The van der Waals surface area contributed by atoms with E-state index in [0.717, 1.165) is 16.7 Å². The molecule has 0 saturated carbocycles. The average molecular weight is 285 g/mol. The number of esters is 1. The minimum absolute atomic E-state index is 0.174. The van der Waals surface area contributed by atoms with Gasteiger partial charge in [-0.05, 0) is 44.0 Å². The maximum Gasteiger partial charge on any atom is 0.355 e. The SMILES string of the molecule is Cc1cc(C)c(C(=O)COC(=O)c2cccn2C)c(C)c1. The van der Waals surface area contributed by atoms with Crippen LogP contribution in [0.1, 0.15) is 37.5 Å². The molecule has 0 amide bonds. The van der Waals surface area contributed by atoms with E-state index in [1.807, 2.05) is 32.9 Å². The number of hydrogen-bond acceptors (Lipinski definition) is 3. The van der Waals surface area contributed by atoms with Crippen LogP contribution in [-0.2, 0) is 11.8 Å². The van der Waals surface area contributed by atoms with Crippen LogP contribution in [0, 0.1) is 20.8 Å². The van der Waals surface area contributed by atoms with Crippen LogP contribution in [0.5, 0.6) is 0 Å². The first-order valence-electron chi connectivity index (χ1n) is 6.79. The van der Waals surface area contributed by atoms with E-state index in [-0.39, 0.29) is 12.4 Å². The van der Waals surface area contributed by atoms with E-state index in [1.165, 1.54) is 0 Å². The first-order chi connectivity index (χ1) is 9.90. The van der Waals surface area contributed by atoms with Gasteiger partial charge < -0.3 is 9.30 Å². The van der Waals surface area contributed by atoms with Crippen LogP contribution in [0.15, 0.2) is 30.5 Å². The van der Waals surface area contributed by atoms with Crippen LogP contribution in [-0.4, -0.2) is 22.9 Å². The number of ketones is 1. The second-order valence-corrected chi connectivity index (χ2v) is 5.28. The summed E-state index contributed by atoms with van der Waals surface area (Å²) in [5.74, 6) is -0.661. The maximum atomic E-state index is 12.3.